The molecule has 0 fully saturated rings. The van der Waals surface area contributed by atoms with E-state index in [1.165, 1.54) is 17.0 Å². The molecule has 0 bridgehead atoms. The number of hydrogen-bond acceptors (Lipinski definition) is 5. The molecule has 0 spiro atoms. The number of fused-ring (bicyclic) bond motifs is 1. The van der Waals surface area contributed by atoms with Gasteiger partial charge in [0, 0.05) is 48.4 Å². The normalized spacial score (nSPS) is 14.7. The number of carboxylic acid groups (broad SMARTS) is 1. The highest BCUT2D eigenvalue weighted by atomic mass is 16.4. The predicted molar refractivity (Wildman–Crippen MR) is 103 cm³/mol. The summed E-state index contributed by atoms with van der Waals surface area (Å²) >= 11 is 0. The number of pyridine rings is 2. The summed E-state index contributed by atoms with van der Waals surface area (Å²) in [6.45, 7) is 0. The van der Waals surface area contributed by atoms with Crippen LogP contribution in [0.25, 0.3) is 12.3 Å². The van der Waals surface area contributed by atoms with Crippen molar-refractivity contribution in [2.75, 3.05) is 0 Å². The fraction of sp³-hybridized carbons (Fsp3) is 0.0952. The second kappa shape index (κ2) is 7.03. The van der Waals surface area contributed by atoms with Gasteiger partial charge in [-0.2, -0.15) is 5.10 Å². The van der Waals surface area contributed by atoms with Gasteiger partial charge < -0.3 is 5.11 Å². The Kier molecular flexibility index (Phi) is 4.41. The first-order chi connectivity index (χ1) is 13.7. The zero-order valence-electron chi connectivity index (χ0n) is 14.8. The molecule has 0 amide bonds. The maximum atomic E-state index is 11.6. The SMILES string of the molecule is O=CC=Cn1nc(C(=O)O)c2c1CC(c1ccncc1)(c1ccncc1)C=C2. The largest absolute Gasteiger partial charge is 0.476 e. The minimum atomic E-state index is -1.11. The predicted octanol–water partition coefficient (Wildman–Crippen LogP) is 2.60. The van der Waals surface area contributed by atoms with Gasteiger partial charge in [-0.15, -0.1) is 0 Å². The van der Waals surface area contributed by atoms with Crippen LogP contribution in [-0.2, 0) is 16.6 Å². The van der Waals surface area contributed by atoms with Crippen LogP contribution < -0.4 is 0 Å². The highest BCUT2D eigenvalue weighted by Crippen LogP contribution is 2.42. The van der Waals surface area contributed by atoms with E-state index in [9.17, 15) is 14.7 Å². The molecular weight excluding hydrogens is 356 g/mol. The van der Waals surface area contributed by atoms with Gasteiger partial charge in [0.25, 0.3) is 0 Å². The number of carboxylic acids is 1. The molecular formula is C21H16N4O3. The van der Waals surface area contributed by atoms with Gasteiger partial charge in [-0.3, -0.25) is 14.8 Å². The first kappa shape index (κ1) is 17.5. The maximum Gasteiger partial charge on any atom is 0.357 e. The Hall–Kier alpha value is -3.87. The average Bonchev–Trinajstić information content (AvgIpc) is 3.11. The van der Waals surface area contributed by atoms with Crippen molar-refractivity contribution in [3.8, 4) is 0 Å². The Balaban J connectivity index is 1.95. The lowest BCUT2D eigenvalue weighted by molar-refractivity contribution is -0.104. The van der Waals surface area contributed by atoms with Crippen molar-refractivity contribution >= 4 is 24.5 Å². The topological polar surface area (TPSA) is 98.0 Å². The molecule has 7 nitrogen and oxygen atoms in total. The van der Waals surface area contributed by atoms with E-state index >= 15 is 0 Å². The van der Waals surface area contributed by atoms with Crippen molar-refractivity contribution in [2.24, 2.45) is 0 Å². The van der Waals surface area contributed by atoms with Crippen LogP contribution >= 0.6 is 0 Å². The molecule has 0 saturated heterocycles. The van der Waals surface area contributed by atoms with E-state index < -0.39 is 11.4 Å². The van der Waals surface area contributed by atoms with Crippen molar-refractivity contribution in [2.45, 2.75) is 11.8 Å². The van der Waals surface area contributed by atoms with Gasteiger partial charge in [0.1, 0.15) is 6.29 Å². The van der Waals surface area contributed by atoms with Crippen LogP contribution in [0, 0.1) is 0 Å². The minimum absolute atomic E-state index is 0.0418. The zero-order valence-corrected chi connectivity index (χ0v) is 14.8. The highest BCUT2D eigenvalue weighted by molar-refractivity contribution is 5.91. The van der Waals surface area contributed by atoms with Gasteiger partial charge in [-0.1, -0.05) is 12.2 Å². The number of aromatic nitrogens is 4. The summed E-state index contributed by atoms with van der Waals surface area (Å²) < 4.78 is 1.47. The summed E-state index contributed by atoms with van der Waals surface area (Å²) in [4.78, 5) is 30.7. The quantitative estimate of drug-likeness (QED) is 0.546. The molecule has 138 valence electrons. The fourth-order valence-electron chi connectivity index (χ4n) is 3.64. The van der Waals surface area contributed by atoms with Gasteiger partial charge in [-0.25, -0.2) is 9.48 Å². The average molecular weight is 372 g/mol. The molecule has 0 aliphatic heterocycles. The van der Waals surface area contributed by atoms with E-state index in [0.717, 1.165) is 11.1 Å². The van der Waals surface area contributed by atoms with Crippen LogP contribution in [0.15, 0.2) is 61.2 Å². The lowest BCUT2D eigenvalue weighted by Crippen LogP contribution is -2.31. The van der Waals surface area contributed by atoms with E-state index in [1.54, 1.807) is 30.9 Å². The van der Waals surface area contributed by atoms with Gasteiger partial charge in [0.15, 0.2) is 5.69 Å². The summed E-state index contributed by atoms with van der Waals surface area (Å²) in [5, 5.41) is 13.7. The number of allylic oxidation sites excluding steroid dienone is 2. The Morgan fingerprint density at radius 1 is 1.07 bits per heavy atom. The van der Waals surface area contributed by atoms with Gasteiger partial charge >= 0.3 is 5.97 Å². The van der Waals surface area contributed by atoms with Crippen LogP contribution in [0.4, 0.5) is 0 Å². The summed E-state index contributed by atoms with van der Waals surface area (Å²) in [5.41, 5.74) is 2.70. The van der Waals surface area contributed by atoms with Crippen LogP contribution in [0.1, 0.15) is 32.9 Å². The molecule has 4 rings (SSSR count). The first-order valence-corrected chi connectivity index (χ1v) is 8.62. The molecule has 0 radical (unpaired) electrons. The van der Waals surface area contributed by atoms with Crippen molar-refractivity contribution < 1.29 is 14.7 Å². The number of hydrogen-bond donors (Lipinski definition) is 1. The first-order valence-electron chi connectivity index (χ1n) is 8.62. The molecule has 0 unspecified atom stereocenters. The summed E-state index contributed by atoms with van der Waals surface area (Å²) in [6.07, 6.45) is 14.6. The fourth-order valence-corrected chi connectivity index (χ4v) is 3.64. The molecule has 1 N–H and O–H groups in total. The van der Waals surface area contributed by atoms with E-state index in [4.69, 9.17) is 0 Å². The van der Waals surface area contributed by atoms with Crippen molar-refractivity contribution in [3.63, 3.8) is 0 Å². The third kappa shape index (κ3) is 2.83. The minimum Gasteiger partial charge on any atom is -0.476 e. The monoisotopic (exact) mass is 372 g/mol. The van der Waals surface area contributed by atoms with E-state index in [2.05, 4.69) is 15.1 Å². The van der Waals surface area contributed by atoms with Crippen LogP contribution in [0.3, 0.4) is 0 Å². The highest BCUT2D eigenvalue weighted by Gasteiger charge is 2.38. The summed E-state index contributed by atoms with van der Waals surface area (Å²) in [5.74, 6) is -1.11. The second-order valence-electron chi connectivity index (χ2n) is 6.39. The Bertz CT molecular complexity index is 1050. The Morgan fingerprint density at radius 3 is 2.21 bits per heavy atom. The van der Waals surface area contributed by atoms with Crippen LogP contribution in [0.2, 0.25) is 0 Å². The molecule has 7 heteroatoms. The summed E-state index contributed by atoms with van der Waals surface area (Å²) in [7, 11) is 0. The summed E-state index contributed by atoms with van der Waals surface area (Å²) in [6, 6.07) is 7.76. The maximum absolute atomic E-state index is 11.6. The van der Waals surface area contributed by atoms with Crippen LogP contribution in [0.5, 0.6) is 0 Å². The molecule has 1 aliphatic rings. The van der Waals surface area contributed by atoms with E-state index in [-0.39, 0.29) is 5.69 Å². The van der Waals surface area contributed by atoms with Crippen LogP contribution in [-0.4, -0.2) is 37.1 Å². The second-order valence-corrected chi connectivity index (χ2v) is 6.39. The number of aromatic carboxylic acids is 1. The zero-order chi connectivity index (χ0) is 19.6. The third-order valence-electron chi connectivity index (χ3n) is 4.93. The van der Waals surface area contributed by atoms with E-state index in [1.807, 2.05) is 30.3 Å². The number of rotatable bonds is 5. The van der Waals surface area contributed by atoms with Gasteiger partial charge in [0.2, 0.25) is 0 Å². The molecule has 0 atom stereocenters. The van der Waals surface area contributed by atoms with Crippen molar-refractivity contribution in [3.05, 3.63) is 89.3 Å². The number of nitrogens with zero attached hydrogens (tertiary/aromatic N) is 4. The van der Waals surface area contributed by atoms with Gasteiger partial charge in [0.05, 0.1) is 5.69 Å². The lowest BCUT2D eigenvalue weighted by atomic mass is 9.69. The van der Waals surface area contributed by atoms with E-state index in [0.29, 0.717) is 24.0 Å². The number of carbonyl (C=O) groups excluding carboxylic acids is 1. The molecule has 3 heterocycles. The standard InChI is InChI=1S/C21H16N4O3/c26-13-1-12-25-18-14-21(15-3-8-22-9-4-15,16-5-10-23-11-6-16)7-2-17(18)19(24-25)20(27)28/h1-13H,14H2,(H,27,28). The lowest BCUT2D eigenvalue weighted by Gasteiger charge is -2.34. The smallest absolute Gasteiger partial charge is 0.357 e. The number of carbonyl (C=O) groups is 2. The Labute approximate surface area is 160 Å². The molecule has 1 aliphatic carbocycles. The molecule has 3 aromatic rings. The molecule has 28 heavy (non-hydrogen) atoms. The van der Waals surface area contributed by atoms with Crippen molar-refractivity contribution in [1.29, 1.82) is 0 Å². The third-order valence-corrected chi connectivity index (χ3v) is 4.93. The molecule has 0 saturated carbocycles. The Morgan fingerprint density at radius 2 is 1.68 bits per heavy atom. The van der Waals surface area contributed by atoms with Crippen molar-refractivity contribution in [1.82, 2.24) is 19.7 Å². The number of aldehydes is 1. The molecule has 3 aromatic heterocycles. The van der Waals surface area contributed by atoms with Gasteiger partial charge in [-0.05, 0) is 41.5 Å². The molecule has 0 aromatic carbocycles.